The molecule has 2 fully saturated rings. The fourth-order valence-corrected chi connectivity index (χ4v) is 10.7. The van der Waals surface area contributed by atoms with Crippen molar-refractivity contribution in [3.8, 4) is 0 Å². The number of benzene rings is 2. The van der Waals surface area contributed by atoms with Crippen LogP contribution in [0.25, 0.3) is 0 Å². The van der Waals surface area contributed by atoms with Crippen LogP contribution in [0.2, 0.25) is 5.04 Å². The van der Waals surface area contributed by atoms with Crippen molar-refractivity contribution in [3.63, 3.8) is 0 Å². The van der Waals surface area contributed by atoms with Gasteiger partial charge in [-0.2, -0.15) is 0 Å². The second kappa shape index (κ2) is 9.05. The molecule has 0 spiro atoms. The Hall–Kier alpha value is -1.68. The van der Waals surface area contributed by atoms with Gasteiger partial charge < -0.3 is 9.16 Å². The molecule has 2 aromatic carbocycles. The smallest absolute Gasteiger partial charge is 0.261 e. The first-order valence-electron chi connectivity index (χ1n) is 12.0. The van der Waals surface area contributed by atoms with Crippen molar-refractivity contribution in [1.29, 1.82) is 0 Å². The molecule has 1 aliphatic carbocycles. The third-order valence-corrected chi connectivity index (χ3v) is 12.6. The molecular weight excluding hydrogens is 396 g/mol. The summed E-state index contributed by atoms with van der Waals surface area (Å²) in [5, 5.41) is 2.67. The molecule has 31 heavy (non-hydrogen) atoms. The van der Waals surface area contributed by atoms with E-state index in [0.717, 1.165) is 12.8 Å². The fourth-order valence-electron chi connectivity index (χ4n) is 5.94. The van der Waals surface area contributed by atoms with Gasteiger partial charge in [-0.1, -0.05) is 94.4 Å². The van der Waals surface area contributed by atoms with E-state index >= 15 is 0 Å². The van der Waals surface area contributed by atoms with Gasteiger partial charge in [0, 0.05) is 5.92 Å². The normalized spacial score (nSPS) is 27.1. The Morgan fingerprint density at radius 2 is 1.61 bits per heavy atom. The van der Waals surface area contributed by atoms with E-state index in [0.29, 0.717) is 17.9 Å². The van der Waals surface area contributed by atoms with Gasteiger partial charge in [-0.3, -0.25) is 0 Å². The summed E-state index contributed by atoms with van der Waals surface area (Å²) in [4.78, 5) is 0. The van der Waals surface area contributed by atoms with E-state index in [1.54, 1.807) is 0 Å². The maximum absolute atomic E-state index is 7.43. The molecule has 0 radical (unpaired) electrons. The Labute approximate surface area is 189 Å². The topological polar surface area (TPSA) is 18.5 Å². The zero-order valence-electron chi connectivity index (χ0n) is 19.6. The number of fused-ring (bicyclic) bond motifs is 1. The molecule has 0 amide bonds. The van der Waals surface area contributed by atoms with Gasteiger partial charge in [0.25, 0.3) is 8.32 Å². The molecule has 2 aromatic rings. The van der Waals surface area contributed by atoms with Crippen LogP contribution in [0.1, 0.15) is 53.4 Å². The minimum atomic E-state index is -2.56. The average Bonchev–Trinajstić information content (AvgIpc) is 3.36. The third kappa shape index (κ3) is 4.08. The Morgan fingerprint density at radius 1 is 1.03 bits per heavy atom. The molecule has 166 valence electrons. The van der Waals surface area contributed by atoms with Gasteiger partial charge in [-0.05, 0) is 47.0 Å². The largest absolute Gasteiger partial charge is 0.402 e. The van der Waals surface area contributed by atoms with E-state index in [4.69, 9.17) is 9.16 Å². The van der Waals surface area contributed by atoms with Gasteiger partial charge >= 0.3 is 0 Å². The summed E-state index contributed by atoms with van der Waals surface area (Å²) in [5.74, 6) is 1.16. The highest BCUT2D eigenvalue weighted by Crippen LogP contribution is 2.46. The van der Waals surface area contributed by atoms with Gasteiger partial charge in [0.1, 0.15) is 0 Å². The van der Waals surface area contributed by atoms with Crippen molar-refractivity contribution in [2.24, 2.45) is 11.8 Å². The lowest BCUT2D eigenvalue weighted by Gasteiger charge is -2.46. The summed E-state index contributed by atoms with van der Waals surface area (Å²) >= 11 is 0. The van der Waals surface area contributed by atoms with Crippen LogP contribution in [0.3, 0.4) is 0 Å². The maximum Gasteiger partial charge on any atom is 0.261 e. The maximum atomic E-state index is 7.43. The summed E-state index contributed by atoms with van der Waals surface area (Å²) in [6.07, 6.45) is 7.27. The van der Waals surface area contributed by atoms with Crippen molar-refractivity contribution in [1.82, 2.24) is 0 Å². The van der Waals surface area contributed by atoms with Gasteiger partial charge in [-0.25, -0.2) is 0 Å². The van der Waals surface area contributed by atoms with E-state index < -0.39 is 8.32 Å². The highest BCUT2D eigenvalue weighted by molar-refractivity contribution is 6.99. The first kappa shape index (κ1) is 22.5. The quantitative estimate of drug-likeness (QED) is 0.410. The van der Waals surface area contributed by atoms with E-state index in [2.05, 4.69) is 101 Å². The van der Waals surface area contributed by atoms with Crippen LogP contribution in [0.5, 0.6) is 0 Å². The SMILES string of the molecule is C=C[C@@H]1CC[C@H]2C[C@H]([C@H](CC)O[Si](c3ccccc3)(c3ccccc3)C(C)(C)C)O[C@H]21. The minimum absolute atomic E-state index is 0.0126. The van der Waals surface area contributed by atoms with Crippen molar-refractivity contribution < 1.29 is 9.16 Å². The number of ether oxygens (including phenoxy) is 1. The van der Waals surface area contributed by atoms with Gasteiger partial charge in [0.2, 0.25) is 0 Å². The van der Waals surface area contributed by atoms with Gasteiger partial charge in [0.15, 0.2) is 0 Å². The highest BCUT2D eigenvalue weighted by Gasteiger charge is 2.53. The molecular formula is C28H38O2Si. The molecule has 0 bridgehead atoms. The van der Waals surface area contributed by atoms with Gasteiger partial charge in [0.05, 0.1) is 18.3 Å². The molecule has 1 saturated carbocycles. The molecule has 0 unspecified atom stereocenters. The summed E-state index contributed by atoms with van der Waals surface area (Å²) in [6.45, 7) is 13.4. The summed E-state index contributed by atoms with van der Waals surface area (Å²) in [6, 6.07) is 21.9. The Balaban J connectivity index is 1.73. The van der Waals surface area contributed by atoms with E-state index in [1.165, 1.54) is 23.2 Å². The number of hydrogen-bond acceptors (Lipinski definition) is 2. The zero-order chi connectivity index (χ0) is 22.1. The lowest BCUT2D eigenvalue weighted by Crippen LogP contribution is -2.68. The van der Waals surface area contributed by atoms with Crippen LogP contribution in [-0.4, -0.2) is 26.6 Å². The second-order valence-electron chi connectivity index (χ2n) is 10.3. The number of hydrogen-bond donors (Lipinski definition) is 0. The monoisotopic (exact) mass is 434 g/mol. The van der Waals surface area contributed by atoms with Crippen LogP contribution in [-0.2, 0) is 9.16 Å². The molecule has 1 aliphatic heterocycles. The summed E-state index contributed by atoms with van der Waals surface area (Å²) < 4.78 is 14.1. The highest BCUT2D eigenvalue weighted by atomic mass is 28.4. The average molecular weight is 435 g/mol. The lowest BCUT2D eigenvalue weighted by atomic mass is 9.97. The van der Waals surface area contributed by atoms with E-state index in [-0.39, 0.29) is 17.2 Å². The summed E-state index contributed by atoms with van der Waals surface area (Å²) in [7, 11) is -2.56. The Morgan fingerprint density at radius 3 is 2.10 bits per heavy atom. The van der Waals surface area contributed by atoms with Crippen LogP contribution in [0.15, 0.2) is 73.3 Å². The second-order valence-corrected chi connectivity index (χ2v) is 14.6. The predicted octanol–water partition coefficient (Wildman–Crippen LogP) is 5.71. The minimum Gasteiger partial charge on any atom is -0.402 e. The Kier molecular flexibility index (Phi) is 6.57. The molecule has 0 aromatic heterocycles. The van der Waals surface area contributed by atoms with Crippen molar-refractivity contribution >= 4 is 18.7 Å². The molecule has 2 nitrogen and oxygen atoms in total. The van der Waals surface area contributed by atoms with Crippen LogP contribution in [0.4, 0.5) is 0 Å². The molecule has 5 atom stereocenters. The standard InChI is InChI=1S/C28H38O2Si/c1-6-21-18-19-22-20-26(29-27(21)22)25(7-2)30-31(28(3,4)5,23-14-10-8-11-15-23)24-16-12-9-13-17-24/h6,8-17,21-22,25-27H,1,7,18-20H2,2-5H3/t21-,22+,25+,26-,27+/m1/s1. The molecule has 3 heteroatoms. The third-order valence-electron chi connectivity index (χ3n) is 7.49. The van der Waals surface area contributed by atoms with Crippen molar-refractivity contribution in [2.75, 3.05) is 0 Å². The van der Waals surface area contributed by atoms with Crippen LogP contribution < -0.4 is 10.4 Å². The van der Waals surface area contributed by atoms with E-state index in [1.807, 2.05) is 0 Å². The van der Waals surface area contributed by atoms with Crippen LogP contribution in [0, 0.1) is 11.8 Å². The first-order chi connectivity index (χ1) is 14.9. The molecule has 4 rings (SSSR count). The van der Waals surface area contributed by atoms with Crippen molar-refractivity contribution in [3.05, 3.63) is 73.3 Å². The molecule has 2 aliphatic rings. The van der Waals surface area contributed by atoms with Gasteiger partial charge in [-0.15, -0.1) is 6.58 Å². The van der Waals surface area contributed by atoms with E-state index in [9.17, 15) is 0 Å². The predicted molar refractivity (Wildman–Crippen MR) is 132 cm³/mol. The molecule has 1 heterocycles. The lowest BCUT2D eigenvalue weighted by molar-refractivity contribution is -0.0388. The summed E-state index contributed by atoms with van der Waals surface area (Å²) in [5.41, 5.74) is 0. The Bertz CT molecular complexity index is 818. The van der Waals surface area contributed by atoms with Crippen LogP contribution >= 0.6 is 0 Å². The van der Waals surface area contributed by atoms with Crippen molar-refractivity contribution in [2.45, 2.75) is 76.7 Å². The fraction of sp³-hybridized carbons (Fsp3) is 0.500. The zero-order valence-corrected chi connectivity index (χ0v) is 20.6. The molecule has 1 saturated heterocycles. The molecule has 0 N–H and O–H groups in total. The first-order valence-corrected chi connectivity index (χ1v) is 13.9. The number of rotatable bonds is 7.